The quantitative estimate of drug-likeness (QED) is 0.374. The topological polar surface area (TPSA) is 125 Å². The largest absolute Gasteiger partial charge is 0.507 e. The number of benzene rings is 2. The molecule has 3 N–H and O–H groups in total. The van der Waals surface area contributed by atoms with Crippen LogP contribution in [0.25, 0.3) is 22.2 Å². The van der Waals surface area contributed by atoms with E-state index in [-0.39, 0.29) is 24.0 Å². The van der Waals surface area contributed by atoms with Crippen molar-refractivity contribution in [3.63, 3.8) is 0 Å². The summed E-state index contributed by atoms with van der Waals surface area (Å²) in [4.78, 5) is 44.6. The zero-order valence-electron chi connectivity index (χ0n) is 19.4. The Hall–Kier alpha value is -4.66. The molecule has 6 rings (SSSR count). The van der Waals surface area contributed by atoms with Crippen LogP contribution >= 0.6 is 0 Å². The Morgan fingerprint density at radius 2 is 1.92 bits per heavy atom. The first kappa shape index (κ1) is 21.8. The van der Waals surface area contributed by atoms with Crippen molar-refractivity contribution in [1.29, 1.82) is 0 Å². The standard InChI is InChI=1S/C27H22N4O5/c1-2-15-7-8-16-13-31(24(33)19(16)9-15)14-27(25(34)29-26(35)30-27)23-11-17-10-20(28-12-22(17)36-23)18-5-3-4-6-21(18)32/h3-12,32H,2,13-14H2,1H3,(H2,29,30,34,35)/t27-/m0/s1. The molecule has 0 bridgehead atoms. The van der Waals surface area contributed by atoms with E-state index < -0.39 is 17.5 Å². The summed E-state index contributed by atoms with van der Waals surface area (Å²) in [5.74, 6) is -0.521. The molecule has 180 valence electrons. The number of carbonyl (C=O) groups excluding carboxylic acids is 3. The highest BCUT2D eigenvalue weighted by molar-refractivity contribution is 6.08. The molecule has 2 aliphatic rings. The summed E-state index contributed by atoms with van der Waals surface area (Å²) < 4.78 is 6.02. The van der Waals surface area contributed by atoms with Crippen molar-refractivity contribution in [3.05, 3.63) is 83.2 Å². The Kier molecular flexibility index (Phi) is 4.82. The van der Waals surface area contributed by atoms with E-state index >= 15 is 0 Å². The normalized spacial score (nSPS) is 19.0. The SMILES string of the molecule is CCc1ccc2c(c1)C(=O)N(C[C@@]1(c3cc4cc(-c5ccccc5O)ncc4o3)NC(=O)NC1=O)C2. The average Bonchev–Trinajstić information content (AvgIpc) is 3.52. The molecule has 4 heterocycles. The first-order chi connectivity index (χ1) is 17.4. The fourth-order valence-corrected chi connectivity index (χ4v) is 4.89. The molecule has 1 fully saturated rings. The van der Waals surface area contributed by atoms with Gasteiger partial charge in [0.25, 0.3) is 11.8 Å². The number of pyridine rings is 1. The van der Waals surface area contributed by atoms with Gasteiger partial charge >= 0.3 is 6.03 Å². The van der Waals surface area contributed by atoms with Gasteiger partial charge in [-0.15, -0.1) is 0 Å². The number of phenols is 1. The Bertz CT molecular complexity index is 1580. The third-order valence-corrected chi connectivity index (χ3v) is 6.84. The first-order valence-electron chi connectivity index (χ1n) is 11.6. The number of carbonyl (C=O) groups is 3. The lowest BCUT2D eigenvalue weighted by molar-refractivity contribution is -0.125. The molecular formula is C27H22N4O5. The lowest BCUT2D eigenvalue weighted by Gasteiger charge is -2.29. The summed E-state index contributed by atoms with van der Waals surface area (Å²) in [5, 5.41) is 15.8. The van der Waals surface area contributed by atoms with Crippen LogP contribution in [-0.2, 0) is 23.3 Å². The molecule has 0 radical (unpaired) electrons. The van der Waals surface area contributed by atoms with Crippen LogP contribution in [0.15, 0.2) is 65.2 Å². The van der Waals surface area contributed by atoms with Gasteiger partial charge in [-0.3, -0.25) is 19.9 Å². The zero-order chi connectivity index (χ0) is 25.0. The number of phenolic OH excluding ortho intramolecular Hbond substituents is 1. The van der Waals surface area contributed by atoms with Crippen LogP contribution in [0.5, 0.6) is 5.75 Å². The van der Waals surface area contributed by atoms with Gasteiger partial charge in [0, 0.05) is 23.1 Å². The van der Waals surface area contributed by atoms with E-state index in [1.165, 1.54) is 6.20 Å². The summed E-state index contributed by atoms with van der Waals surface area (Å²) in [6, 6.07) is 15.4. The number of aryl methyl sites for hydroxylation is 1. The van der Waals surface area contributed by atoms with Gasteiger partial charge in [-0.1, -0.05) is 31.2 Å². The lowest BCUT2D eigenvalue weighted by Crippen LogP contribution is -2.52. The fraction of sp³-hybridized carbons (Fsp3) is 0.185. The number of imide groups is 1. The van der Waals surface area contributed by atoms with Crippen molar-refractivity contribution in [2.75, 3.05) is 6.54 Å². The smallest absolute Gasteiger partial charge is 0.322 e. The van der Waals surface area contributed by atoms with Crippen molar-refractivity contribution < 1.29 is 23.9 Å². The van der Waals surface area contributed by atoms with E-state index in [1.54, 1.807) is 41.3 Å². The highest BCUT2D eigenvalue weighted by Crippen LogP contribution is 2.36. The van der Waals surface area contributed by atoms with Gasteiger partial charge in [-0.25, -0.2) is 4.79 Å². The number of para-hydroxylation sites is 1. The minimum Gasteiger partial charge on any atom is -0.507 e. The maximum Gasteiger partial charge on any atom is 0.322 e. The highest BCUT2D eigenvalue weighted by Gasteiger charge is 2.53. The first-order valence-corrected chi connectivity index (χ1v) is 11.6. The number of aromatic hydroxyl groups is 1. The van der Waals surface area contributed by atoms with Crippen LogP contribution in [0.3, 0.4) is 0 Å². The number of furan rings is 1. The van der Waals surface area contributed by atoms with E-state index in [1.807, 2.05) is 25.1 Å². The highest BCUT2D eigenvalue weighted by atomic mass is 16.3. The average molecular weight is 482 g/mol. The second kappa shape index (κ2) is 7.94. The van der Waals surface area contributed by atoms with E-state index in [4.69, 9.17) is 4.42 Å². The van der Waals surface area contributed by atoms with Crippen molar-refractivity contribution in [2.24, 2.45) is 0 Å². The van der Waals surface area contributed by atoms with Gasteiger partial charge in [-0.05, 0) is 47.9 Å². The second-order valence-corrected chi connectivity index (χ2v) is 9.06. The molecule has 4 amide bonds. The molecule has 1 atom stereocenters. The number of aromatic nitrogens is 1. The number of hydrogen-bond donors (Lipinski definition) is 3. The summed E-state index contributed by atoms with van der Waals surface area (Å²) in [6.45, 7) is 2.24. The Balaban J connectivity index is 1.39. The molecule has 2 aromatic heterocycles. The molecule has 9 nitrogen and oxygen atoms in total. The monoisotopic (exact) mass is 482 g/mol. The van der Waals surface area contributed by atoms with Crippen molar-refractivity contribution in [3.8, 4) is 17.0 Å². The van der Waals surface area contributed by atoms with Gasteiger partial charge in [0.2, 0.25) is 0 Å². The van der Waals surface area contributed by atoms with Gasteiger partial charge < -0.3 is 19.7 Å². The minimum atomic E-state index is -1.60. The third kappa shape index (κ3) is 3.31. The number of hydrogen-bond acceptors (Lipinski definition) is 6. The van der Waals surface area contributed by atoms with Crippen LogP contribution in [0.2, 0.25) is 0 Å². The number of fused-ring (bicyclic) bond motifs is 2. The summed E-state index contributed by atoms with van der Waals surface area (Å²) >= 11 is 0. The summed E-state index contributed by atoms with van der Waals surface area (Å²) in [6.07, 6.45) is 2.31. The Labute approximate surface area is 205 Å². The summed E-state index contributed by atoms with van der Waals surface area (Å²) in [7, 11) is 0. The van der Waals surface area contributed by atoms with Crippen LogP contribution in [0.4, 0.5) is 4.79 Å². The van der Waals surface area contributed by atoms with Crippen LogP contribution < -0.4 is 10.6 Å². The maximum atomic E-state index is 13.2. The molecule has 2 aliphatic heterocycles. The predicted octanol–water partition coefficient (Wildman–Crippen LogP) is 3.45. The van der Waals surface area contributed by atoms with Gasteiger partial charge in [0.15, 0.2) is 11.1 Å². The van der Waals surface area contributed by atoms with Crippen LogP contribution in [-0.4, -0.2) is 39.4 Å². The second-order valence-electron chi connectivity index (χ2n) is 9.06. The molecule has 9 heteroatoms. The zero-order valence-corrected chi connectivity index (χ0v) is 19.4. The summed E-state index contributed by atoms with van der Waals surface area (Å²) in [5.41, 5.74) is 2.41. The van der Waals surface area contributed by atoms with Crippen LogP contribution in [0.1, 0.15) is 34.2 Å². The third-order valence-electron chi connectivity index (χ3n) is 6.84. The Morgan fingerprint density at radius 1 is 1.08 bits per heavy atom. The van der Waals surface area contributed by atoms with E-state index in [0.29, 0.717) is 34.3 Å². The van der Waals surface area contributed by atoms with Crippen molar-refractivity contribution in [2.45, 2.75) is 25.4 Å². The Morgan fingerprint density at radius 3 is 2.67 bits per heavy atom. The lowest BCUT2D eigenvalue weighted by atomic mass is 9.95. The predicted molar refractivity (Wildman–Crippen MR) is 130 cm³/mol. The minimum absolute atomic E-state index is 0.0883. The number of amides is 4. The van der Waals surface area contributed by atoms with Crippen molar-refractivity contribution >= 4 is 28.8 Å². The van der Waals surface area contributed by atoms with Gasteiger partial charge in [0.05, 0.1) is 18.4 Å². The van der Waals surface area contributed by atoms with Gasteiger partial charge in [-0.2, -0.15) is 0 Å². The molecule has 0 saturated carbocycles. The maximum absolute atomic E-state index is 13.2. The molecule has 0 unspecified atom stereocenters. The van der Waals surface area contributed by atoms with Crippen molar-refractivity contribution in [1.82, 2.24) is 20.5 Å². The molecule has 2 aromatic carbocycles. The van der Waals surface area contributed by atoms with Crippen LogP contribution in [0, 0.1) is 0 Å². The number of nitrogens with one attached hydrogen (secondary N) is 2. The molecular weight excluding hydrogens is 460 g/mol. The van der Waals surface area contributed by atoms with Gasteiger partial charge in [0.1, 0.15) is 11.5 Å². The fourth-order valence-electron chi connectivity index (χ4n) is 4.89. The van der Waals surface area contributed by atoms with E-state index in [2.05, 4.69) is 15.6 Å². The van der Waals surface area contributed by atoms with E-state index in [9.17, 15) is 19.5 Å². The molecule has 4 aromatic rings. The van der Waals surface area contributed by atoms with E-state index in [0.717, 1.165) is 17.5 Å². The molecule has 0 aliphatic carbocycles. The molecule has 36 heavy (non-hydrogen) atoms. The molecule has 0 spiro atoms. The number of urea groups is 1. The molecule has 1 saturated heterocycles. The number of nitrogens with zero attached hydrogens (tertiary/aromatic N) is 2. The number of rotatable bonds is 5.